The standard InChI is InChI=1S/C14H23N3O/c1-15-10-11-6-5-9-16-14(11)17(2)12-7-3-4-8-13(12)18/h5-6,9,12-13,15,18H,3-4,7-8,10H2,1-2H3. The van der Waals surface area contributed by atoms with Crippen molar-refractivity contribution in [1.29, 1.82) is 0 Å². The summed E-state index contributed by atoms with van der Waals surface area (Å²) in [6, 6.07) is 4.25. The van der Waals surface area contributed by atoms with Gasteiger partial charge in [-0.25, -0.2) is 4.98 Å². The molecule has 100 valence electrons. The molecule has 0 aliphatic heterocycles. The van der Waals surface area contributed by atoms with Crippen molar-refractivity contribution < 1.29 is 5.11 Å². The number of rotatable bonds is 4. The van der Waals surface area contributed by atoms with E-state index in [1.807, 2.05) is 26.4 Å². The highest BCUT2D eigenvalue weighted by atomic mass is 16.3. The molecule has 4 heteroatoms. The van der Waals surface area contributed by atoms with E-state index >= 15 is 0 Å². The number of anilines is 1. The molecule has 1 heterocycles. The summed E-state index contributed by atoms with van der Waals surface area (Å²) < 4.78 is 0. The molecule has 0 saturated heterocycles. The van der Waals surface area contributed by atoms with E-state index in [9.17, 15) is 5.11 Å². The highest BCUT2D eigenvalue weighted by molar-refractivity contribution is 5.47. The van der Waals surface area contributed by atoms with E-state index in [2.05, 4.69) is 21.3 Å². The first-order chi connectivity index (χ1) is 8.74. The Morgan fingerprint density at radius 1 is 1.44 bits per heavy atom. The van der Waals surface area contributed by atoms with Crippen LogP contribution >= 0.6 is 0 Å². The van der Waals surface area contributed by atoms with Crippen LogP contribution in [0, 0.1) is 0 Å². The highest BCUT2D eigenvalue weighted by Gasteiger charge is 2.28. The van der Waals surface area contributed by atoms with E-state index in [1.54, 1.807) is 0 Å². The zero-order valence-corrected chi connectivity index (χ0v) is 11.3. The molecule has 2 unspecified atom stereocenters. The Balaban J connectivity index is 2.19. The molecule has 0 spiro atoms. The van der Waals surface area contributed by atoms with E-state index in [0.717, 1.165) is 31.6 Å². The van der Waals surface area contributed by atoms with Gasteiger partial charge in [-0.05, 0) is 26.0 Å². The quantitative estimate of drug-likeness (QED) is 0.850. The van der Waals surface area contributed by atoms with Gasteiger partial charge in [-0.2, -0.15) is 0 Å². The average molecular weight is 249 g/mol. The molecule has 2 atom stereocenters. The Labute approximate surface area is 109 Å². The zero-order valence-electron chi connectivity index (χ0n) is 11.3. The third-order valence-electron chi connectivity index (χ3n) is 3.76. The van der Waals surface area contributed by atoms with Crippen LogP contribution in [0.4, 0.5) is 5.82 Å². The summed E-state index contributed by atoms with van der Waals surface area (Å²) in [5, 5.41) is 13.3. The number of aromatic nitrogens is 1. The van der Waals surface area contributed by atoms with E-state index < -0.39 is 0 Å². The molecule has 0 radical (unpaired) electrons. The predicted molar refractivity (Wildman–Crippen MR) is 73.7 cm³/mol. The van der Waals surface area contributed by atoms with Gasteiger partial charge in [-0.1, -0.05) is 18.9 Å². The molecule has 0 bridgehead atoms. The molecule has 2 N–H and O–H groups in total. The number of pyridine rings is 1. The van der Waals surface area contributed by atoms with Gasteiger partial charge in [0.15, 0.2) is 0 Å². The number of aliphatic hydroxyl groups is 1. The number of hydrogen-bond donors (Lipinski definition) is 2. The first kappa shape index (κ1) is 13.3. The lowest BCUT2D eigenvalue weighted by atomic mass is 9.91. The van der Waals surface area contributed by atoms with E-state index in [0.29, 0.717) is 0 Å². The lowest BCUT2D eigenvalue weighted by Gasteiger charge is -2.36. The van der Waals surface area contributed by atoms with Gasteiger partial charge in [0.2, 0.25) is 0 Å². The van der Waals surface area contributed by atoms with Crippen LogP contribution in [0.5, 0.6) is 0 Å². The smallest absolute Gasteiger partial charge is 0.133 e. The number of nitrogens with zero attached hydrogens (tertiary/aromatic N) is 2. The summed E-state index contributed by atoms with van der Waals surface area (Å²) in [7, 11) is 3.98. The molecular weight excluding hydrogens is 226 g/mol. The molecule has 18 heavy (non-hydrogen) atoms. The van der Waals surface area contributed by atoms with Crippen molar-refractivity contribution >= 4 is 5.82 Å². The van der Waals surface area contributed by atoms with Crippen LogP contribution < -0.4 is 10.2 Å². The molecule has 4 nitrogen and oxygen atoms in total. The molecule has 0 aromatic carbocycles. The van der Waals surface area contributed by atoms with Gasteiger partial charge in [0.05, 0.1) is 12.1 Å². The van der Waals surface area contributed by atoms with E-state index in [4.69, 9.17) is 0 Å². The van der Waals surface area contributed by atoms with Crippen LogP contribution in [0.2, 0.25) is 0 Å². The molecule has 1 saturated carbocycles. The maximum atomic E-state index is 10.1. The molecule has 1 aromatic rings. The summed E-state index contributed by atoms with van der Waals surface area (Å²) in [6.45, 7) is 0.802. The summed E-state index contributed by atoms with van der Waals surface area (Å²) >= 11 is 0. The fourth-order valence-corrected chi connectivity index (χ4v) is 2.78. The van der Waals surface area contributed by atoms with Crippen molar-refractivity contribution in [3.05, 3.63) is 23.9 Å². The van der Waals surface area contributed by atoms with E-state index in [1.165, 1.54) is 12.0 Å². The van der Waals surface area contributed by atoms with Crippen molar-refractivity contribution in [1.82, 2.24) is 10.3 Å². The molecular formula is C14H23N3O. The van der Waals surface area contributed by atoms with Crippen LogP contribution in [0.25, 0.3) is 0 Å². The third kappa shape index (κ3) is 2.82. The third-order valence-corrected chi connectivity index (χ3v) is 3.76. The summed E-state index contributed by atoms with van der Waals surface area (Å²) in [5.74, 6) is 0.984. The fraction of sp³-hybridized carbons (Fsp3) is 0.643. The fourth-order valence-electron chi connectivity index (χ4n) is 2.78. The first-order valence-electron chi connectivity index (χ1n) is 6.73. The SMILES string of the molecule is CNCc1cccnc1N(C)C1CCCCC1O. The Kier molecular flexibility index (Phi) is 4.55. The molecule has 1 aliphatic rings. The zero-order chi connectivity index (χ0) is 13.0. The second-order valence-corrected chi connectivity index (χ2v) is 5.05. The van der Waals surface area contributed by atoms with Gasteiger partial charge >= 0.3 is 0 Å². The highest BCUT2D eigenvalue weighted by Crippen LogP contribution is 2.27. The van der Waals surface area contributed by atoms with Crippen molar-refractivity contribution in [3.63, 3.8) is 0 Å². The van der Waals surface area contributed by atoms with Gasteiger partial charge in [-0.3, -0.25) is 0 Å². The van der Waals surface area contributed by atoms with Crippen LogP contribution in [0.1, 0.15) is 31.2 Å². The lowest BCUT2D eigenvalue weighted by molar-refractivity contribution is 0.106. The normalized spacial score (nSPS) is 23.9. The van der Waals surface area contributed by atoms with Crippen LogP contribution in [-0.4, -0.2) is 36.3 Å². The average Bonchev–Trinajstić information content (AvgIpc) is 2.40. The largest absolute Gasteiger partial charge is 0.391 e. The minimum Gasteiger partial charge on any atom is -0.391 e. The Hall–Kier alpha value is -1.13. The second-order valence-electron chi connectivity index (χ2n) is 5.05. The monoisotopic (exact) mass is 249 g/mol. The minimum atomic E-state index is -0.229. The molecule has 0 amide bonds. The lowest BCUT2D eigenvalue weighted by Crippen LogP contribution is -2.44. The topological polar surface area (TPSA) is 48.4 Å². The van der Waals surface area contributed by atoms with Crippen LogP contribution in [0.15, 0.2) is 18.3 Å². The van der Waals surface area contributed by atoms with Gasteiger partial charge in [0, 0.05) is 25.4 Å². The van der Waals surface area contributed by atoms with Gasteiger partial charge in [0.1, 0.15) is 5.82 Å². The Morgan fingerprint density at radius 2 is 2.22 bits per heavy atom. The van der Waals surface area contributed by atoms with Crippen molar-refractivity contribution in [2.75, 3.05) is 19.0 Å². The van der Waals surface area contributed by atoms with Gasteiger partial charge in [-0.15, -0.1) is 0 Å². The molecule has 1 aliphatic carbocycles. The minimum absolute atomic E-state index is 0.198. The molecule has 1 aromatic heterocycles. The maximum absolute atomic E-state index is 10.1. The predicted octanol–water partition coefficient (Wildman–Crippen LogP) is 1.54. The number of aliphatic hydroxyl groups excluding tert-OH is 1. The van der Waals surface area contributed by atoms with Gasteiger partial charge in [0.25, 0.3) is 0 Å². The van der Waals surface area contributed by atoms with Crippen molar-refractivity contribution in [2.45, 2.75) is 44.4 Å². The summed E-state index contributed by atoms with van der Waals surface area (Å²) in [5.41, 5.74) is 1.18. The molecule has 1 fully saturated rings. The number of nitrogens with one attached hydrogen (secondary N) is 1. The maximum Gasteiger partial charge on any atom is 0.133 e. The van der Waals surface area contributed by atoms with Crippen molar-refractivity contribution in [2.24, 2.45) is 0 Å². The van der Waals surface area contributed by atoms with E-state index in [-0.39, 0.29) is 12.1 Å². The molecule has 2 rings (SSSR count). The summed E-state index contributed by atoms with van der Waals surface area (Å²) in [4.78, 5) is 6.63. The Morgan fingerprint density at radius 3 is 2.94 bits per heavy atom. The number of hydrogen-bond acceptors (Lipinski definition) is 4. The summed E-state index contributed by atoms with van der Waals surface area (Å²) in [6.07, 6.45) is 5.88. The van der Waals surface area contributed by atoms with Gasteiger partial charge < -0.3 is 15.3 Å². The first-order valence-corrected chi connectivity index (χ1v) is 6.73. The van der Waals surface area contributed by atoms with Crippen LogP contribution in [0.3, 0.4) is 0 Å². The second kappa shape index (κ2) is 6.16. The number of likely N-dealkylation sites (N-methyl/N-ethyl adjacent to an activating group) is 1. The van der Waals surface area contributed by atoms with Crippen LogP contribution in [-0.2, 0) is 6.54 Å². The Bertz CT molecular complexity index is 383. The van der Waals surface area contributed by atoms with Crippen molar-refractivity contribution in [3.8, 4) is 0 Å².